The highest BCUT2D eigenvalue weighted by molar-refractivity contribution is 5.33. The minimum Gasteiger partial charge on any atom is -0.290 e. The second-order valence-corrected chi connectivity index (χ2v) is 5.45. The number of nitrogens with zero attached hydrogens (tertiary/aromatic N) is 1. The molecule has 0 fully saturated rings. The Morgan fingerprint density at radius 1 is 1.00 bits per heavy atom. The third-order valence-electron chi connectivity index (χ3n) is 4.42. The molecule has 1 nitrogen and oxygen atoms in total. The van der Waals surface area contributed by atoms with Gasteiger partial charge >= 0.3 is 0 Å². The second kappa shape index (κ2) is 5.18. The van der Waals surface area contributed by atoms with Gasteiger partial charge in [-0.1, -0.05) is 54.6 Å². The van der Waals surface area contributed by atoms with Crippen LogP contribution in [0.2, 0.25) is 0 Å². The maximum Gasteiger partial charge on any atom is 0.0328 e. The molecule has 1 heteroatoms. The van der Waals surface area contributed by atoms with Crippen LogP contribution in [-0.2, 0) is 6.42 Å². The summed E-state index contributed by atoms with van der Waals surface area (Å²) in [5, 5.41) is 0. The molecule has 0 bridgehead atoms. The zero-order valence-corrected chi connectivity index (χ0v) is 11.7. The molecular formula is C18H21N. The SMILES string of the molecule is C[C@H](c1ccccc1)N1CCc2ccccc2[C@@H]1C. The Kier molecular flexibility index (Phi) is 3.39. The summed E-state index contributed by atoms with van der Waals surface area (Å²) in [6.45, 7) is 5.80. The van der Waals surface area contributed by atoms with Crippen molar-refractivity contribution < 1.29 is 0 Å². The van der Waals surface area contributed by atoms with Gasteiger partial charge < -0.3 is 0 Å². The molecule has 0 aliphatic carbocycles. The lowest BCUT2D eigenvalue weighted by atomic mass is 9.91. The maximum atomic E-state index is 2.61. The lowest BCUT2D eigenvalue weighted by Crippen LogP contribution is -2.35. The van der Waals surface area contributed by atoms with E-state index in [0.29, 0.717) is 12.1 Å². The molecule has 0 N–H and O–H groups in total. The molecule has 98 valence electrons. The van der Waals surface area contributed by atoms with Crippen molar-refractivity contribution in [2.24, 2.45) is 0 Å². The summed E-state index contributed by atoms with van der Waals surface area (Å²) in [5.41, 5.74) is 4.43. The monoisotopic (exact) mass is 251 g/mol. The first-order valence-electron chi connectivity index (χ1n) is 7.16. The van der Waals surface area contributed by atoms with Crippen molar-refractivity contribution in [3.05, 3.63) is 71.3 Å². The summed E-state index contributed by atoms with van der Waals surface area (Å²) >= 11 is 0. The smallest absolute Gasteiger partial charge is 0.0328 e. The molecule has 0 aromatic heterocycles. The minimum atomic E-state index is 0.476. The molecule has 0 unspecified atom stereocenters. The largest absolute Gasteiger partial charge is 0.290 e. The summed E-state index contributed by atoms with van der Waals surface area (Å²) in [4.78, 5) is 2.61. The molecule has 0 amide bonds. The van der Waals surface area contributed by atoms with Gasteiger partial charge in [0.05, 0.1) is 0 Å². The molecule has 2 atom stereocenters. The van der Waals surface area contributed by atoms with Gasteiger partial charge in [0.25, 0.3) is 0 Å². The fourth-order valence-corrected chi connectivity index (χ4v) is 3.24. The van der Waals surface area contributed by atoms with E-state index in [0.717, 1.165) is 13.0 Å². The van der Waals surface area contributed by atoms with Gasteiger partial charge in [-0.2, -0.15) is 0 Å². The Hall–Kier alpha value is -1.60. The number of hydrogen-bond donors (Lipinski definition) is 0. The number of benzene rings is 2. The van der Waals surface area contributed by atoms with Gasteiger partial charge in [-0.25, -0.2) is 0 Å². The van der Waals surface area contributed by atoms with Gasteiger partial charge in [-0.3, -0.25) is 4.90 Å². The number of hydrogen-bond acceptors (Lipinski definition) is 1. The van der Waals surface area contributed by atoms with E-state index >= 15 is 0 Å². The van der Waals surface area contributed by atoms with Crippen LogP contribution in [0.4, 0.5) is 0 Å². The van der Waals surface area contributed by atoms with Crippen LogP contribution in [0.3, 0.4) is 0 Å². The lowest BCUT2D eigenvalue weighted by Gasteiger charge is -2.39. The lowest BCUT2D eigenvalue weighted by molar-refractivity contribution is 0.144. The molecule has 2 aromatic rings. The first-order valence-corrected chi connectivity index (χ1v) is 7.16. The van der Waals surface area contributed by atoms with E-state index in [1.54, 1.807) is 0 Å². The van der Waals surface area contributed by atoms with Crippen molar-refractivity contribution in [1.82, 2.24) is 4.90 Å². The summed E-state index contributed by atoms with van der Waals surface area (Å²) in [5.74, 6) is 0. The predicted molar refractivity (Wildman–Crippen MR) is 80.1 cm³/mol. The van der Waals surface area contributed by atoms with Crippen LogP contribution >= 0.6 is 0 Å². The van der Waals surface area contributed by atoms with E-state index in [1.807, 2.05) is 0 Å². The molecule has 19 heavy (non-hydrogen) atoms. The molecule has 0 spiro atoms. The Bertz CT molecular complexity index is 547. The highest BCUT2D eigenvalue weighted by Gasteiger charge is 2.27. The van der Waals surface area contributed by atoms with Crippen molar-refractivity contribution in [1.29, 1.82) is 0 Å². The number of fused-ring (bicyclic) bond motifs is 1. The van der Waals surface area contributed by atoms with Crippen LogP contribution < -0.4 is 0 Å². The van der Waals surface area contributed by atoms with Gasteiger partial charge in [-0.15, -0.1) is 0 Å². The predicted octanol–water partition coefficient (Wildman–Crippen LogP) is 4.37. The van der Waals surface area contributed by atoms with Gasteiger partial charge in [0.2, 0.25) is 0 Å². The highest BCUT2D eigenvalue weighted by Crippen LogP contribution is 2.35. The Labute approximate surface area is 115 Å². The zero-order valence-electron chi connectivity index (χ0n) is 11.7. The summed E-state index contributed by atoms with van der Waals surface area (Å²) in [6, 6.07) is 20.7. The molecule has 1 aliphatic heterocycles. The van der Waals surface area contributed by atoms with E-state index in [9.17, 15) is 0 Å². The quantitative estimate of drug-likeness (QED) is 0.766. The van der Waals surface area contributed by atoms with Crippen molar-refractivity contribution in [3.63, 3.8) is 0 Å². The van der Waals surface area contributed by atoms with E-state index in [1.165, 1.54) is 16.7 Å². The summed E-state index contributed by atoms with van der Waals surface area (Å²) in [7, 11) is 0. The molecule has 0 saturated heterocycles. The normalized spacial score (nSPS) is 20.8. The Morgan fingerprint density at radius 2 is 1.68 bits per heavy atom. The van der Waals surface area contributed by atoms with Crippen LogP contribution in [0, 0.1) is 0 Å². The fraction of sp³-hybridized carbons (Fsp3) is 0.333. The van der Waals surface area contributed by atoms with E-state index in [2.05, 4.69) is 73.3 Å². The van der Waals surface area contributed by atoms with Gasteiger partial charge in [0.15, 0.2) is 0 Å². The van der Waals surface area contributed by atoms with Crippen molar-refractivity contribution in [2.45, 2.75) is 32.4 Å². The van der Waals surface area contributed by atoms with Crippen LogP contribution in [0.1, 0.15) is 42.6 Å². The third-order valence-corrected chi connectivity index (χ3v) is 4.42. The van der Waals surface area contributed by atoms with Gasteiger partial charge in [0, 0.05) is 18.6 Å². The van der Waals surface area contributed by atoms with Crippen molar-refractivity contribution in [2.75, 3.05) is 6.54 Å². The summed E-state index contributed by atoms with van der Waals surface area (Å²) in [6.07, 6.45) is 1.16. The standard InChI is InChI=1S/C18H21N/c1-14(16-8-4-3-5-9-16)19-13-12-17-10-6-7-11-18(17)15(19)2/h3-11,14-15H,12-13H2,1-2H3/t14-,15+/m1/s1. The minimum absolute atomic E-state index is 0.476. The molecule has 3 rings (SSSR count). The van der Waals surface area contributed by atoms with Gasteiger partial charge in [-0.05, 0) is 37.0 Å². The fourth-order valence-electron chi connectivity index (χ4n) is 3.24. The van der Waals surface area contributed by atoms with E-state index < -0.39 is 0 Å². The van der Waals surface area contributed by atoms with Gasteiger partial charge in [0.1, 0.15) is 0 Å². The van der Waals surface area contributed by atoms with Crippen LogP contribution in [-0.4, -0.2) is 11.4 Å². The van der Waals surface area contributed by atoms with Crippen LogP contribution in [0.15, 0.2) is 54.6 Å². The third kappa shape index (κ3) is 2.31. The first-order chi connectivity index (χ1) is 9.27. The maximum absolute atomic E-state index is 2.61. The first kappa shape index (κ1) is 12.4. The Morgan fingerprint density at radius 3 is 2.47 bits per heavy atom. The average Bonchev–Trinajstić information content (AvgIpc) is 2.48. The average molecular weight is 251 g/mol. The molecule has 2 aromatic carbocycles. The van der Waals surface area contributed by atoms with Crippen LogP contribution in [0.5, 0.6) is 0 Å². The molecule has 1 heterocycles. The highest BCUT2D eigenvalue weighted by atomic mass is 15.2. The summed E-state index contributed by atoms with van der Waals surface area (Å²) < 4.78 is 0. The topological polar surface area (TPSA) is 3.24 Å². The molecule has 1 aliphatic rings. The van der Waals surface area contributed by atoms with Crippen LogP contribution in [0.25, 0.3) is 0 Å². The molecule has 0 radical (unpaired) electrons. The van der Waals surface area contributed by atoms with Crippen molar-refractivity contribution in [3.8, 4) is 0 Å². The van der Waals surface area contributed by atoms with E-state index in [4.69, 9.17) is 0 Å². The van der Waals surface area contributed by atoms with E-state index in [-0.39, 0.29) is 0 Å². The zero-order chi connectivity index (χ0) is 13.2. The number of rotatable bonds is 2. The van der Waals surface area contributed by atoms with Crippen molar-refractivity contribution >= 4 is 0 Å². The molecular weight excluding hydrogens is 230 g/mol. The molecule has 0 saturated carbocycles. The Balaban J connectivity index is 1.88. The second-order valence-electron chi connectivity index (χ2n) is 5.45.